The summed E-state index contributed by atoms with van der Waals surface area (Å²) in [5.74, 6) is 0. The van der Waals surface area contributed by atoms with Crippen LogP contribution in [0.15, 0.2) is 0 Å². The first kappa shape index (κ1) is 7.37. The second-order valence-electron chi connectivity index (χ2n) is 5.63. The molecule has 3 fully saturated rings. The minimum Gasteiger partial charge on any atom is -0.289 e. The lowest BCUT2D eigenvalue weighted by atomic mass is 9.67. The first-order chi connectivity index (χ1) is 5.64. The molecule has 3 atom stereocenters. The normalized spacial score (nSPS) is 58.0. The molecular formula is C11H19N. The van der Waals surface area contributed by atoms with E-state index in [1.54, 1.807) is 0 Å². The Morgan fingerprint density at radius 2 is 1.83 bits per heavy atom. The third-order valence-corrected chi connectivity index (χ3v) is 4.56. The van der Waals surface area contributed by atoms with E-state index in [2.05, 4.69) is 18.7 Å². The van der Waals surface area contributed by atoms with Gasteiger partial charge in [-0.25, -0.2) is 0 Å². The van der Waals surface area contributed by atoms with Crippen molar-refractivity contribution < 1.29 is 0 Å². The molecule has 3 rings (SSSR count). The monoisotopic (exact) mass is 165 g/mol. The second kappa shape index (κ2) is 1.89. The third-order valence-electron chi connectivity index (χ3n) is 4.56. The molecule has 0 aromatic heterocycles. The van der Waals surface area contributed by atoms with Crippen LogP contribution in [0.1, 0.15) is 52.4 Å². The summed E-state index contributed by atoms with van der Waals surface area (Å²) in [6.45, 7) is 4.95. The molecule has 68 valence electrons. The van der Waals surface area contributed by atoms with Crippen LogP contribution in [0.5, 0.6) is 0 Å². The van der Waals surface area contributed by atoms with Crippen LogP contribution in [-0.4, -0.2) is 22.0 Å². The van der Waals surface area contributed by atoms with E-state index in [9.17, 15) is 0 Å². The van der Waals surface area contributed by atoms with Crippen LogP contribution < -0.4 is 0 Å². The lowest BCUT2D eigenvalue weighted by molar-refractivity contribution is -0.143. The summed E-state index contributed by atoms with van der Waals surface area (Å²) in [5.41, 5.74) is 1.24. The average Bonchev–Trinajstić information content (AvgIpc) is 2.26. The van der Waals surface area contributed by atoms with E-state index in [0.29, 0.717) is 11.1 Å². The van der Waals surface area contributed by atoms with Crippen molar-refractivity contribution in [2.24, 2.45) is 0 Å². The van der Waals surface area contributed by atoms with Gasteiger partial charge in [-0.2, -0.15) is 0 Å². The lowest BCUT2D eigenvalue weighted by Gasteiger charge is -2.65. The highest BCUT2D eigenvalue weighted by Crippen LogP contribution is 2.58. The highest BCUT2D eigenvalue weighted by molar-refractivity contribution is 5.18. The lowest BCUT2D eigenvalue weighted by Crippen LogP contribution is -2.71. The molecule has 0 aliphatic carbocycles. The molecule has 3 heterocycles. The molecule has 0 saturated carbocycles. The zero-order chi connectivity index (χ0) is 8.40. The Morgan fingerprint density at radius 3 is 2.58 bits per heavy atom. The summed E-state index contributed by atoms with van der Waals surface area (Å²) in [6.07, 6.45) is 8.83. The maximum atomic E-state index is 2.85. The number of rotatable bonds is 0. The van der Waals surface area contributed by atoms with Crippen molar-refractivity contribution in [1.82, 2.24) is 4.90 Å². The molecule has 3 unspecified atom stereocenters. The molecule has 3 saturated heterocycles. The molecule has 1 heteroatoms. The van der Waals surface area contributed by atoms with E-state index in [0.717, 1.165) is 6.04 Å². The van der Waals surface area contributed by atoms with Gasteiger partial charge in [0.25, 0.3) is 0 Å². The van der Waals surface area contributed by atoms with Crippen molar-refractivity contribution in [2.45, 2.75) is 69.5 Å². The number of nitrogens with zero attached hydrogens (tertiary/aromatic N) is 1. The Kier molecular flexibility index (Phi) is 1.16. The van der Waals surface area contributed by atoms with Gasteiger partial charge in [0.1, 0.15) is 0 Å². The summed E-state index contributed by atoms with van der Waals surface area (Å²) in [7, 11) is 0. The van der Waals surface area contributed by atoms with Crippen molar-refractivity contribution in [3.63, 3.8) is 0 Å². The maximum Gasteiger partial charge on any atom is 0.0207 e. The van der Waals surface area contributed by atoms with Gasteiger partial charge in [-0.05, 0) is 46.0 Å². The Balaban J connectivity index is 1.96. The highest BCUT2D eigenvalue weighted by Gasteiger charge is 2.62. The SMILES string of the molecule is CC12CCCC3CCC(C)(C1)N32. The Morgan fingerprint density at radius 1 is 1.08 bits per heavy atom. The third kappa shape index (κ3) is 0.654. The van der Waals surface area contributed by atoms with Gasteiger partial charge in [0.05, 0.1) is 0 Å². The first-order valence-electron chi connectivity index (χ1n) is 5.44. The van der Waals surface area contributed by atoms with Crippen molar-refractivity contribution >= 4 is 0 Å². The Labute approximate surface area is 75.1 Å². The quantitative estimate of drug-likeness (QED) is 0.533. The van der Waals surface area contributed by atoms with Crippen molar-refractivity contribution in [1.29, 1.82) is 0 Å². The molecule has 0 bridgehead atoms. The molecule has 1 nitrogen and oxygen atoms in total. The largest absolute Gasteiger partial charge is 0.289 e. The molecule has 3 aliphatic heterocycles. The van der Waals surface area contributed by atoms with Crippen LogP contribution in [0.25, 0.3) is 0 Å². The fourth-order valence-corrected chi connectivity index (χ4v) is 4.45. The first-order valence-corrected chi connectivity index (χ1v) is 5.44. The average molecular weight is 165 g/mol. The minimum absolute atomic E-state index is 0.619. The van der Waals surface area contributed by atoms with Crippen LogP contribution in [-0.2, 0) is 0 Å². The van der Waals surface area contributed by atoms with Gasteiger partial charge in [0, 0.05) is 17.1 Å². The predicted octanol–water partition coefficient (Wildman–Crippen LogP) is 2.56. The molecule has 0 radical (unpaired) electrons. The topological polar surface area (TPSA) is 3.24 Å². The van der Waals surface area contributed by atoms with Gasteiger partial charge in [-0.1, -0.05) is 6.42 Å². The zero-order valence-electron chi connectivity index (χ0n) is 8.27. The van der Waals surface area contributed by atoms with E-state index in [1.165, 1.54) is 38.5 Å². The van der Waals surface area contributed by atoms with Crippen LogP contribution >= 0.6 is 0 Å². The molecule has 0 amide bonds. The number of piperidine rings is 1. The molecule has 12 heavy (non-hydrogen) atoms. The molecule has 0 aromatic rings. The van der Waals surface area contributed by atoms with Gasteiger partial charge in [-0.3, -0.25) is 4.90 Å². The van der Waals surface area contributed by atoms with Gasteiger partial charge in [0.15, 0.2) is 0 Å². The van der Waals surface area contributed by atoms with Gasteiger partial charge in [0.2, 0.25) is 0 Å². The summed E-state index contributed by atoms with van der Waals surface area (Å²) in [6, 6.07) is 0.961. The summed E-state index contributed by atoms with van der Waals surface area (Å²) in [4.78, 5) is 2.85. The van der Waals surface area contributed by atoms with E-state index in [4.69, 9.17) is 0 Å². The fourth-order valence-electron chi connectivity index (χ4n) is 4.45. The van der Waals surface area contributed by atoms with Crippen molar-refractivity contribution in [3.8, 4) is 0 Å². The van der Waals surface area contributed by atoms with Crippen molar-refractivity contribution in [3.05, 3.63) is 0 Å². The van der Waals surface area contributed by atoms with Crippen LogP contribution in [0.3, 0.4) is 0 Å². The zero-order valence-corrected chi connectivity index (χ0v) is 8.27. The number of hydrogen-bond acceptors (Lipinski definition) is 1. The Hall–Kier alpha value is -0.0400. The summed E-state index contributed by atoms with van der Waals surface area (Å²) >= 11 is 0. The maximum absolute atomic E-state index is 2.85. The van der Waals surface area contributed by atoms with Crippen LogP contribution in [0, 0.1) is 0 Å². The molecule has 0 N–H and O–H groups in total. The van der Waals surface area contributed by atoms with Gasteiger partial charge < -0.3 is 0 Å². The number of hydrogen-bond donors (Lipinski definition) is 0. The van der Waals surface area contributed by atoms with E-state index < -0.39 is 0 Å². The highest BCUT2D eigenvalue weighted by atomic mass is 15.4. The van der Waals surface area contributed by atoms with Gasteiger partial charge in [-0.15, -0.1) is 0 Å². The predicted molar refractivity (Wildman–Crippen MR) is 50.1 cm³/mol. The van der Waals surface area contributed by atoms with Crippen molar-refractivity contribution in [2.75, 3.05) is 0 Å². The van der Waals surface area contributed by atoms with Crippen LogP contribution in [0.4, 0.5) is 0 Å². The Bertz CT molecular complexity index is 225. The molecule has 0 aromatic carbocycles. The van der Waals surface area contributed by atoms with E-state index in [1.807, 2.05) is 0 Å². The summed E-state index contributed by atoms with van der Waals surface area (Å²) in [5, 5.41) is 0. The van der Waals surface area contributed by atoms with E-state index >= 15 is 0 Å². The standard InChI is InChI=1S/C11H19N/c1-10-6-3-4-9-5-7-11(2,8-10)12(9)10/h9H,3-8H2,1-2H3. The minimum atomic E-state index is 0.619. The second-order valence-corrected chi connectivity index (χ2v) is 5.63. The molecule has 3 aliphatic rings. The fraction of sp³-hybridized carbons (Fsp3) is 1.00. The summed E-state index contributed by atoms with van der Waals surface area (Å²) < 4.78 is 0. The smallest absolute Gasteiger partial charge is 0.0207 e. The van der Waals surface area contributed by atoms with E-state index in [-0.39, 0.29) is 0 Å². The molecular weight excluding hydrogens is 146 g/mol. The molecule has 0 spiro atoms. The van der Waals surface area contributed by atoms with Crippen LogP contribution in [0.2, 0.25) is 0 Å². The van der Waals surface area contributed by atoms with Gasteiger partial charge >= 0.3 is 0 Å².